The van der Waals surface area contributed by atoms with Crippen molar-refractivity contribution in [1.82, 2.24) is 5.32 Å². The standard InChI is InChI=1S/C14H15ClN2O2/c15-10-3-4-12-11(8-10)17-14(18)13(19-12)9-2-1-6-16-7-5-9/h3-4,8,16H,1-2,5-7H2,(H,17,18)/b13-9-. The lowest BCUT2D eigenvalue weighted by molar-refractivity contribution is -0.115. The summed E-state index contributed by atoms with van der Waals surface area (Å²) in [5.74, 6) is 0.939. The summed E-state index contributed by atoms with van der Waals surface area (Å²) in [6, 6.07) is 5.24. The van der Waals surface area contributed by atoms with Gasteiger partial charge in [0.15, 0.2) is 11.5 Å². The molecule has 4 nitrogen and oxygen atoms in total. The van der Waals surface area contributed by atoms with E-state index >= 15 is 0 Å². The average Bonchev–Trinajstić information content (AvgIpc) is 2.66. The molecule has 0 atom stereocenters. The van der Waals surface area contributed by atoms with Crippen LogP contribution in [0.25, 0.3) is 0 Å². The quantitative estimate of drug-likeness (QED) is 0.718. The summed E-state index contributed by atoms with van der Waals surface area (Å²) < 4.78 is 5.78. The molecule has 1 aromatic carbocycles. The molecular formula is C14H15ClN2O2. The minimum Gasteiger partial charge on any atom is -0.449 e. The number of halogens is 1. The molecule has 0 radical (unpaired) electrons. The first-order chi connectivity index (χ1) is 9.24. The van der Waals surface area contributed by atoms with Crippen molar-refractivity contribution in [3.8, 4) is 5.75 Å². The van der Waals surface area contributed by atoms with Crippen molar-refractivity contribution in [2.24, 2.45) is 0 Å². The van der Waals surface area contributed by atoms with E-state index < -0.39 is 0 Å². The van der Waals surface area contributed by atoms with Gasteiger partial charge in [0.25, 0.3) is 5.91 Å². The number of amides is 1. The molecule has 1 saturated heterocycles. The summed E-state index contributed by atoms with van der Waals surface area (Å²) in [4.78, 5) is 12.1. The lowest BCUT2D eigenvalue weighted by Crippen LogP contribution is -2.25. The second-order valence-corrected chi connectivity index (χ2v) is 5.17. The van der Waals surface area contributed by atoms with E-state index in [4.69, 9.17) is 16.3 Å². The minimum absolute atomic E-state index is 0.174. The van der Waals surface area contributed by atoms with Crippen molar-refractivity contribution in [1.29, 1.82) is 0 Å². The maximum atomic E-state index is 12.1. The fourth-order valence-electron chi connectivity index (χ4n) is 2.40. The number of carbonyl (C=O) groups is 1. The molecular weight excluding hydrogens is 264 g/mol. The molecule has 1 aromatic rings. The molecule has 19 heavy (non-hydrogen) atoms. The molecule has 2 heterocycles. The monoisotopic (exact) mass is 278 g/mol. The highest BCUT2D eigenvalue weighted by molar-refractivity contribution is 6.31. The number of hydrogen-bond acceptors (Lipinski definition) is 3. The number of carbonyl (C=O) groups excluding carboxylic acids is 1. The van der Waals surface area contributed by atoms with Crippen LogP contribution in [0.4, 0.5) is 5.69 Å². The fraction of sp³-hybridized carbons (Fsp3) is 0.357. The molecule has 100 valence electrons. The third kappa shape index (κ3) is 2.60. The van der Waals surface area contributed by atoms with Crippen LogP contribution in [0.15, 0.2) is 29.5 Å². The molecule has 1 fully saturated rings. The molecule has 0 aromatic heterocycles. The first-order valence-corrected chi connectivity index (χ1v) is 6.83. The minimum atomic E-state index is -0.174. The maximum absolute atomic E-state index is 12.1. The SMILES string of the molecule is O=C1Nc2cc(Cl)ccc2O/C1=C1/CCCNCC1. The number of nitrogens with one attached hydrogen (secondary N) is 2. The van der Waals surface area contributed by atoms with Crippen molar-refractivity contribution in [2.75, 3.05) is 18.4 Å². The zero-order valence-electron chi connectivity index (χ0n) is 10.5. The van der Waals surface area contributed by atoms with E-state index in [1.807, 2.05) is 0 Å². The molecule has 0 bridgehead atoms. The first kappa shape index (κ1) is 12.5. The molecule has 2 aliphatic heterocycles. The summed E-state index contributed by atoms with van der Waals surface area (Å²) in [5, 5.41) is 6.74. The summed E-state index contributed by atoms with van der Waals surface area (Å²) in [6.45, 7) is 1.88. The highest BCUT2D eigenvalue weighted by Gasteiger charge is 2.25. The average molecular weight is 279 g/mol. The molecule has 0 spiro atoms. The van der Waals surface area contributed by atoms with Crippen molar-refractivity contribution in [2.45, 2.75) is 19.3 Å². The van der Waals surface area contributed by atoms with E-state index in [0.717, 1.165) is 37.9 Å². The van der Waals surface area contributed by atoms with Crippen LogP contribution in [0.3, 0.4) is 0 Å². The van der Waals surface area contributed by atoms with Gasteiger partial charge in [0.1, 0.15) is 0 Å². The van der Waals surface area contributed by atoms with E-state index in [2.05, 4.69) is 10.6 Å². The Labute approximate surface area is 116 Å². The Hall–Kier alpha value is -1.52. The van der Waals surface area contributed by atoms with Gasteiger partial charge in [-0.05, 0) is 56.1 Å². The second kappa shape index (κ2) is 5.23. The second-order valence-electron chi connectivity index (χ2n) is 4.73. The molecule has 5 heteroatoms. The van der Waals surface area contributed by atoms with Crippen LogP contribution in [0.2, 0.25) is 5.02 Å². The molecule has 2 N–H and O–H groups in total. The smallest absolute Gasteiger partial charge is 0.291 e. The number of fused-ring (bicyclic) bond motifs is 1. The van der Waals surface area contributed by atoms with E-state index in [9.17, 15) is 4.79 Å². The van der Waals surface area contributed by atoms with Crippen LogP contribution in [-0.2, 0) is 4.79 Å². The van der Waals surface area contributed by atoms with Gasteiger partial charge in [-0.25, -0.2) is 0 Å². The highest BCUT2D eigenvalue weighted by Crippen LogP contribution is 2.35. The Morgan fingerprint density at radius 2 is 2.11 bits per heavy atom. The van der Waals surface area contributed by atoms with Crippen LogP contribution in [0.5, 0.6) is 5.75 Å². The number of benzene rings is 1. The van der Waals surface area contributed by atoms with Crippen LogP contribution in [0, 0.1) is 0 Å². The first-order valence-electron chi connectivity index (χ1n) is 6.45. The highest BCUT2D eigenvalue weighted by atomic mass is 35.5. The Balaban J connectivity index is 1.94. The van der Waals surface area contributed by atoms with Crippen LogP contribution in [-0.4, -0.2) is 19.0 Å². The van der Waals surface area contributed by atoms with Gasteiger partial charge in [-0.1, -0.05) is 11.6 Å². The molecule has 0 aliphatic carbocycles. The van der Waals surface area contributed by atoms with Crippen molar-refractivity contribution in [3.63, 3.8) is 0 Å². The van der Waals surface area contributed by atoms with E-state index in [0.29, 0.717) is 22.2 Å². The molecule has 2 aliphatic rings. The van der Waals surface area contributed by atoms with Gasteiger partial charge < -0.3 is 15.4 Å². The van der Waals surface area contributed by atoms with Gasteiger partial charge in [-0.3, -0.25) is 4.79 Å². The lowest BCUT2D eigenvalue weighted by atomic mass is 10.1. The Bertz CT molecular complexity index is 544. The number of rotatable bonds is 0. The van der Waals surface area contributed by atoms with Gasteiger partial charge in [0, 0.05) is 5.02 Å². The van der Waals surface area contributed by atoms with E-state index in [1.165, 1.54) is 0 Å². The summed E-state index contributed by atoms with van der Waals surface area (Å²) >= 11 is 5.90. The Morgan fingerprint density at radius 3 is 3.00 bits per heavy atom. The van der Waals surface area contributed by atoms with Crippen LogP contribution < -0.4 is 15.4 Å². The summed E-state index contributed by atoms with van der Waals surface area (Å²) in [5.41, 5.74) is 1.72. The Kier molecular flexibility index (Phi) is 3.44. The third-order valence-electron chi connectivity index (χ3n) is 3.36. The predicted octanol–water partition coefficient (Wildman–Crippen LogP) is 2.70. The largest absolute Gasteiger partial charge is 0.449 e. The number of ether oxygens (including phenoxy) is 1. The molecule has 3 rings (SSSR count). The van der Waals surface area contributed by atoms with Gasteiger partial charge in [-0.2, -0.15) is 0 Å². The van der Waals surface area contributed by atoms with Crippen molar-refractivity contribution in [3.05, 3.63) is 34.6 Å². The van der Waals surface area contributed by atoms with E-state index in [1.54, 1.807) is 18.2 Å². The number of hydrogen-bond donors (Lipinski definition) is 2. The molecule has 1 amide bonds. The predicted molar refractivity (Wildman–Crippen MR) is 74.5 cm³/mol. The lowest BCUT2D eigenvalue weighted by Gasteiger charge is -2.22. The zero-order chi connectivity index (χ0) is 13.2. The van der Waals surface area contributed by atoms with Gasteiger partial charge in [0.2, 0.25) is 0 Å². The van der Waals surface area contributed by atoms with Crippen LogP contribution in [0.1, 0.15) is 19.3 Å². The van der Waals surface area contributed by atoms with Crippen LogP contribution >= 0.6 is 11.6 Å². The summed E-state index contributed by atoms with van der Waals surface area (Å²) in [7, 11) is 0. The topological polar surface area (TPSA) is 50.4 Å². The number of anilines is 1. The summed E-state index contributed by atoms with van der Waals surface area (Å²) in [6.07, 6.45) is 2.79. The normalized spacial score (nSPS) is 23.1. The van der Waals surface area contributed by atoms with Gasteiger partial charge >= 0.3 is 0 Å². The van der Waals surface area contributed by atoms with Crippen molar-refractivity contribution >= 4 is 23.2 Å². The zero-order valence-corrected chi connectivity index (χ0v) is 11.2. The molecule has 0 saturated carbocycles. The van der Waals surface area contributed by atoms with Gasteiger partial charge in [-0.15, -0.1) is 0 Å². The maximum Gasteiger partial charge on any atom is 0.291 e. The Morgan fingerprint density at radius 1 is 1.21 bits per heavy atom. The third-order valence-corrected chi connectivity index (χ3v) is 3.60. The fourth-order valence-corrected chi connectivity index (χ4v) is 2.57. The molecule has 0 unspecified atom stereocenters. The van der Waals surface area contributed by atoms with Gasteiger partial charge in [0.05, 0.1) is 5.69 Å². The van der Waals surface area contributed by atoms with Crippen molar-refractivity contribution < 1.29 is 9.53 Å². The van der Waals surface area contributed by atoms with E-state index in [-0.39, 0.29) is 5.91 Å².